The molecule has 0 bridgehead atoms. The molecule has 1 aromatic rings. The van der Waals surface area contributed by atoms with Crippen LogP contribution in [0.15, 0.2) is 18.3 Å². The maximum Gasteiger partial charge on any atom is 0.356 e. The first-order chi connectivity index (χ1) is 6.59. The van der Waals surface area contributed by atoms with Gasteiger partial charge in [0, 0.05) is 6.20 Å². The minimum atomic E-state index is -0.345. The van der Waals surface area contributed by atoms with Gasteiger partial charge in [-0.3, -0.25) is 0 Å². The van der Waals surface area contributed by atoms with Crippen LogP contribution in [0.2, 0.25) is 0 Å². The van der Waals surface area contributed by atoms with Crippen LogP contribution in [0.5, 0.6) is 0 Å². The molecular formula is C11H15NO2. The molecule has 3 heteroatoms. The van der Waals surface area contributed by atoms with E-state index in [1.54, 1.807) is 12.3 Å². The lowest BCUT2D eigenvalue weighted by atomic mass is 10.2. The molecule has 0 aromatic carbocycles. The molecule has 1 heterocycles. The summed E-state index contributed by atoms with van der Waals surface area (Å²) in [5.41, 5.74) is 1.39. The lowest BCUT2D eigenvalue weighted by Gasteiger charge is -2.06. The van der Waals surface area contributed by atoms with Crippen molar-refractivity contribution in [3.63, 3.8) is 0 Å². The summed E-state index contributed by atoms with van der Waals surface area (Å²) < 4.78 is 5.04. The van der Waals surface area contributed by atoms with Crippen molar-refractivity contribution in [2.75, 3.05) is 6.61 Å². The van der Waals surface area contributed by atoms with Gasteiger partial charge in [0.05, 0.1) is 6.61 Å². The van der Waals surface area contributed by atoms with Crippen molar-refractivity contribution in [3.8, 4) is 0 Å². The van der Waals surface area contributed by atoms with Crippen LogP contribution in [0.1, 0.15) is 29.9 Å². The van der Waals surface area contributed by atoms with E-state index in [0.717, 1.165) is 5.56 Å². The minimum absolute atomic E-state index is 0.345. The molecule has 0 aliphatic carbocycles. The van der Waals surface area contributed by atoms with Gasteiger partial charge in [-0.2, -0.15) is 0 Å². The normalized spacial score (nSPS) is 10.3. The second-order valence-corrected chi connectivity index (χ2v) is 3.71. The van der Waals surface area contributed by atoms with Gasteiger partial charge < -0.3 is 4.74 Å². The fourth-order valence-electron chi connectivity index (χ4n) is 0.964. The standard InChI is InChI=1S/C11H15NO2/c1-8(2)7-14-11(13)10-6-9(3)4-5-12-10/h4-6,8H,7H2,1-3H3. The monoisotopic (exact) mass is 193 g/mol. The SMILES string of the molecule is Cc1ccnc(C(=O)OCC(C)C)c1. The van der Waals surface area contributed by atoms with Crippen molar-refractivity contribution >= 4 is 5.97 Å². The maximum absolute atomic E-state index is 11.4. The van der Waals surface area contributed by atoms with Crippen LogP contribution in [0.4, 0.5) is 0 Å². The number of esters is 1. The topological polar surface area (TPSA) is 39.2 Å². The van der Waals surface area contributed by atoms with Crippen LogP contribution >= 0.6 is 0 Å². The highest BCUT2D eigenvalue weighted by Crippen LogP contribution is 2.03. The number of hydrogen-bond donors (Lipinski definition) is 0. The van der Waals surface area contributed by atoms with Gasteiger partial charge in [-0.05, 0) is 30.5 Å². The molecule has 0 fully saturated rings. The van der Waals surface area contributed by atoms with Crippen molar-refractivity contribution in [1.82, 2.24) is 4.98 Å². The minimum Gasteiger partial charge on any atom is -0.461 e. The van der Waals surface area contributed by atoms with Crippen LogP contribution in [0.3, 0.4) is 0 Å². The van der Waals surface area contributed by atoms with Gasteiger partial charge in [-0.15, -0.1) is 0 Å². The molecule has 0 radical (unpaired) electrons. The molecule has 3 nitrogen and oxygen atoms in total. The van der Waals surface area contributed by atoms with Crippen molar-refractivity contribution in [3.05, 3.63) is 29.6 Å². The fraction of sp³-hybridized carbons (Fsp3) is 0.455. The van der Waals surface area contributed by atoms with Gasteiger partial charge in [-0.25, -0.2) is 9.78 Å². The van der Waals surface area contributed by atoms with Gasteiger partial charge in [0.2, 0.25) is 0 Å². The molecule has 1 aromatic heterocycles. The van der Waals surface area contributed by atoms with E-state index >= 15 is 0 Å². The van der Waals surface area contributed by atoms with E-state index in [1.807, 2.05) is 26.8 Å². The molecule has 14 heavy (non-hydrogen) atoms. The van der Waals surface area contributed by atoms with Crippen LogP contribution in [0.25, 0.3) is 0 Å². The van der Waals surface area contributed by atoms with Crippen LogP contribution in [-0.2, 0) is 4.74 Å². The highest BCUT2D eigenvalue weighted by molar-refractivity contribution is 5.87. The number of pyridine rings is 1. The second-order valence-electron chi connectivity index (χ2n) is 3.71. The van der Waals surface area contributed by atoms with Crippen molar-refractivity contribution in [2.24, 2.45) is 5.92 Å². The third kappa shape index (κ3) is 3.17. The number of carbonyl (C=O) groups excluding carboxylic acids is 1. The molecular weight excluding hydrogens is 178 g/mol. The van der Waals surface area contributed by atoms with Crippen molar-refractivity contribution in [2.45, 2.75) is 20.8 Å². The highest BCUT2D eigenvalue weighted by atomic mass is 16.5. The Balaban J connectivity index is 2.61. The predicted molar refractivity (Wildman–Crippen MR) is 54.1 cm³/mol. The Labute approximate surface area is 84.1 Å². The van der Waals surface area contributed by atoms with Crippen LogP contribution in [0, 0.1) is 12.8 Å². The van der Waals surface area contributed by atoms with E-state index in [1.165, 1.54) is 0 Å². The van der Waals surface area contributed by atoms with E-state index in [4.69, 9.17) is 4.74 Å². The summed E-state index contributed by atoms with van der Waals surface area (Å²) in [7, 11) is 0. The van der Waals surface area contributed by atoms with Gasteiger partial charge >= 0.3 is 5.97 Å². The summed E-state index contributed by atoms with van der Waals surface area (Å²) >= 11 is 0. The summed E-state index contributed by atoms with van der Waals surface area (Å²) in [6.07, 6.45) is 1.61. The molecule has 76 valence electrons. The number of hydrogen-bond acceptors (Lipinski definition) is 3. The quantitative estimate of drug-likeness (QED) is 0.691. The molecule has 0 saturated heterocycles. The number of ether oxygens (including phenoxy) is 1. The molecule has 0 aliphatic rings. The molecule has 0 aliphatic heterocycles. The zero-order chi connectivity index (χ0) is 10.6. The smallest absolute Gasteiger partial charge is 0.356 e. The third-order valence-corrected chi connectivity index (χ3v) is 1.67. The summed E-state index contributed by atoms with van der Waals surface area (Å²) in [6.45, 7) is 6.35. The number of carbonyl (C=O) groups is 1. The summed E-state index contributed by atoms with van der Waals surface area (Å²) in [5, 5.41) is 0. The number of nitrogens with zero attached hydrogens (tertiary/aromatic N) is 1. The highest BCUT2D eigenvalue weighted by Gasteiger charge is 2.08. The summed E-state index contributed by atoms with van der Waals surface area (Å²) in [5.74, 6) is 0.00570. The first-order valence-corrected chi connectivity index (χ1v) is 4.69. The van der Waals surface area contributed by atoms with Crippen LogP contribution < -0.4 is 0 Å². The predicted octanol–water partition coefficient (Wildman–Crippen LogP) is 2.20. The van der Waals surface area contributed by atoms with Crippen molar-refractivity contribution in [1.29, 1.82) is 0 Å². The summed E-state index contributed by atoms with van der Waals surface area (Å²) in [6, 6.07) is 3.57. The largest absolute Gasteiger partial charge is 0.461 e. The number of rotatable bonds is 3. The fourth-order valence-corrected chi connectivity index (χ4v) is 0.964. The molecule has 0 saturated carbocycles. The molecule has 0 spiro atoms. The number of aryl methyl sites for hydroxylation is 1. The Kier molecular flexibility index (Phi) is 3.63. The molecule has 0 amide bonds. The molecule has 0 unspecified atom stereocenters. The van der Waals surface area contributed by atoms with E-state index in [2.05, 4.69) is 4.98 Å². The summed E-state index contributed by atoms with van der Waals surface area (Å²) in [4.78, 5) is 15.4. The average molecular weight is 193 g/mol. The molecule has 0 atom stereocenters. The lowest BCUT2D eigenvalue weighted by molar-refractivity contribution is 0.0452. The first kappa shape index (κ1) is 10.7. The Morgan fingerprint density at radius 1 is 1.57 bits per heavy atom. The first-order valence-electron chi connectivity index (χ1n) is 4.69. The zero-order valence-corrected chi connectivity index (χ0v) is 8.78. The Morgan fingerprint density at radius 2 is 2.29 bits per heavy atom. The molecule has 0 N–H and O–H groups in total. The lowest BCUT2D eigenvalue weighted by Crippen LogP contribution is -2.11. The molecule has 1 rings (SSSR count). The Bertz CT molecular complexity index is 321. The van der Waals surface area contributed by atoms with Gasteiger partial charge in [-0.1, -0.05) is 13.8 Å². The van der Waals surface area contributed by atoms with Crippen molar-refractivity contribution < 1.29 is 9.53 Å². The second kappa shape index (κ2) is 4.74. The van der Waals surface area contributed by atoms with E-state index in [0.29, 0.717) is 18.2 Å². The van der Waals surface area contributed by atoms with Gasteiger partial charge in [0.1, 0.15) is 5.69 Å². The van der Waals surface area contributed by atoms with Gasteiger partial charge in [0.25, 0.3) is 0 Å². The Morgan fingerprint density at radius 3 is 2.86 bits per heavy atom. The Hall–Kier alpha value is -1.38. The maximum atomic E-state index is 11.4. The third-order valence-electron chi connectivity index (χ3n) is 1.67. The zero-order valence-electron chi connectivity index (χ0n) is 8.78. The van der Waals surface area contributed by atoms with E-state index < -0.39 is 0 Å². The van der Waals surface area contributed by atoms with E-state index in [9.17, 15) is 4.79 Å². The van der Waals surface area contributed by atoms with E-state index in [-0.39, 0.29) is 5.97 Å². The van der Waals surface area contributed by atoms with Crippen LogP contribution in [-0.4, -0.2) is 17.6 Å². The van der Waals surface area contributed by atoms with Gasteiger partial charge in [0.15, 0.2) is 0 Å². The average Bonchev–Trinajstić information content (AvgIpc) is 2.14. The number of aromatic nitrogens is 1.